The Morgan fingerprint density at radius 3 is 2.65 bits per heavy atom. The van der Waals surface area contributed by atoms with Crippen molar-refractivity contribution in [2.24, 2.45) is 10.9 Å². The highest BCUT2D eigenvalue weighted by Crippen LogP contribution is 2.31. The summed E-state index contributed by atoms with van der Waals surface area (Å²) in [5, 5.41) is 17.5. The highest BCUT2D eigenvalue weighted by molar-refractivity contribution is 5.79. The Morgan fingerprint density at radius 1 is 1.19 bits per heavy atom. The third-order valence-electron chi connectivity index (χ3n) is 5.53. The van der Waals surface area contributed by atoms with Crippen molar-refractivity contribution in [2.75, 3.05) is 65.6 Å². The van der Waals surface area contributed by atoms with Crippen LogP contribution in [0.25, 0.3) is 0 Å². The number of rotatable bonds is 8. The quantitative estimate of drug-likeness (QED) is 0.418. The van der Waals surface area contributed by atoms with Crippen LogP contribution in [-0.2, 0) is 4.74 Å². The third kappa shape index (κ3) is 6.37. The summed E-state index contributed by atoms with van der Waals surface area (Å²) in [5.74, 6) is 1.52. The van der Waals surface area contributed by atoms with Crippen molar-refractivity contribution in [3.63, 3.8) is 0 Å². The van der Waals surface area contributed by atoms with E-state index in [1.807, 2.05) is 6.92 Å². The second-order valence-corrected chi connectivity index (χ2v) is 8.34. The van der Waals surface area contributed by atoms with Crippen molar-refractivity contribution in [2.45, 2.75) is 44.8 Å². The number of morpholine rings is 1. The molecule has 2 aliphatic heterocycles. The molecule has 3 rings (SSSR count). The molecule has 2 atom stereocenters. The number of ether oxygens (including phenoxy) is 1. The van der Waals surface area contributed by atoms with E-state index in [0.29, 0.717) is 19.0 Å². The molecule has 0 aromatic carbocycles. The number of guanidine groups is 1. The van der Waals surface area contributed by atoms with Crippen molar-refractivity contribution in [3.05, 3.63) is 0 Å². The maximum atomic E-state index is 10.7. The zero-order chi connectivity index (χ0) is 18.4. The lowest BCUT2D eigenvalue weighted by Crippen LogP contribution is -2.48. The molecular weight excluding hydrogens is 330 g/mol. The van der Waals surface area contributed by atoms with Crippen LogP contribution in [0.5, 0.6) is 0 Å². The molecular formula is C19H37N5O2. The van der Waals surface area contributed by atoms with Gasteiger partial charge in [0.25, 0.3) is 0 Å². The van der Waals surface area contributed by atoms with Crippen LogP contribution in [0.1, 0.15) is 33.1 Å². The lowest BCUT2D eigenvalue weighted by molar-refractivity contribution is -0.0180. The zero-order valence-corrected chi connectivity index (χ0v) is 16.5. The summed E-state index contributed by atoms with van der Waals surface area (Å²) in [4.78, 5) is 9.55. The average Bonchev–Trinajstić information content (AvgIpc) is 3.36. The predicted octanol–water partition coefficient (Wildman–Crippen LogP) is 0.109. The van der Waals surface area contributed by atoms with Gasteiger partial charge >= 0.3 is 0 Å². The number of hydrogen-bond acceptors (Lipinski definition) is 5. The fraction of sp³-hybridized carbons (Fsp3) is 0.947. The molecule has 0 bridgehead atoms. The molecule has 26 heavy (non-hydrogen) atoms. The Labute approximate surface area is 158 Å². The Kier molecular flexibility index (Phi) is 7.14. The first-order valence-electron chi connectivity index (χ1n) is 10.3. The van der Waals surface area contributed by atoms with E-state index in [-0.39, 0.29) is 0 Å². The largest absolute Gasteiger partial charge is 0.387 e. The van der Waals surface area contributed by atoms with E-state index in [0.717, 1.165) is 51.4 Å². The first-order valence-corrected chi connectivity index (χ1v) is 10.3. The maximum Gasteiger partial charge on any atom is 0.191 e. The molecule has 1 saturated carbocycles. The van der Waals surface area contributed by atoms with Crippen molar-refractivity contribution >= 4 is 5.96 Å². The van der Waals surface area contributed by atoms with Gasteiger partial charge in [-0.05, 0) is 45.6 Å². The molecule has 2 heterocycles. The number of aliphatic hydroxyl groups is 1. The Bertz CT molecular complexity index is 461. The van der Waals surface area contributed by atoms with E-state index >= 15 is 0 Å². The van der Waals surface area contributed by atoms with Gasteiger partial charge in [-0.15, -0.1) is 0 Å². The summed E-state index contributed by atoms with van der Waals surface area (Å²) in [7, 11) is 0. The molecule has 7 heteroatoms. The van der Waals surface area contributed by atoms with Crippen LogP contribution in [0, 0.1) is 5.92 Å². The molecule has 0 aromatic heterocycles. The fourth-order valence-electron chi connectivity index (χ4n) is 3.92. The molecule has 3 N–H and O–H groups in total. The number of hydrogen-bond donors (Lipinski definition) is 3. The van der Waals surface area contributed by atoms with Crippen LogP contribution in [0.3, 0.4) is 0 Å². The fourth-order valence-corrected chi connectivity index (χ4v) is 3.92. The van der Waals surface area contributed by atoms with E-state index in [2.05, 4.69) is 32.3 Å². The predicted molar refractivity (Wildman–Crippen MR) is 105 cm³/mol. The van der Waals surface area contributed by atoms with Gasteiger partial charge in [0, 0.05) is 45.3 Å². The topological polar surface area (TPSA) is 72.4 Å². The summed E-state index contributed by atoms with van der Waals surface area (Å²) in [6.07, 6.45) is 4.06. The van der Waals surface area contributed by atoms with Crippen LogP contribution in [0.4, 0.5) is 0 Å². The van der Waals surface area contributed by atoms with Gasteiger partial charge in [0.05, 0.1) is 25.4 Å². The van der Waals surface area contributed by atoms with Crippen molar-refractivity contribution in [3.8, 4) is 0 Å². The molecule has 150 valence electrons. The molecule has 2 unspecified atom stereocenters. The lowest BCUT2D eigenvalue weighted by Gasteiger charge is -2.33. The lowest BCUT2D eigenvalue weighted by atomic mass is 10.1. The number of nitrogens with one attached hydrogen (secondary N) is 2. The molecule has 0 spiro atoms. The highest BCUT2D eigenvalue weighted by Gasteiger charge is 2.34. The van der Waals surface area contributed by atoms with Gasteiger partial charge in [0.1, 0.15) is 0 Å². The van der Waals surface area contributed by atoms with Crippen LogP contribution in [0.15, 0.2) is 4.99 Å². The summed E-state index contributed by atoms with van der Waals surface area (Å²) in [5.41, 5.74) is -0.824. The number of likely N-dealkylation sites (tertiary alicyclic amines) is 1. The zero-order valence-electron chi connectivity index (χ0n) is 16.5. The van der Waals surface area contributed by atoms with Crippen molar-refractivity contribution < 1.29 is 9.84 Å². The number of aliphatic imine (C=N–C) groups is 1. The van der Waals surface area contributed by atoms with Gasteiger partial charge < -0.3 is 25.4 Å². The molecule has 0 radical (unpaired) electrons. The normalized spacial score (nSPS) is 28.1. The molecule has 1 aliphatic carbocycles. The smallest absolute Gasteiger partial charge is 0.191 e. The van der Waals surface area contributed by atoms with Gasteiger partial charge in [-0.3, -0.25) is 9.89 Å². The molecule has 0 aromatic rings. The molecule has 0 amide bonds. The summed E-state index contributed by atoms with van der Waals surface area (Å²) < 4.78 is 5.38. The maximum absolute atomic E-state index is 10.7. The van der Waals surface area contributed by atoms with Crippen LogP contribution in [-0.4, -0.2) is 98.1 Å². The van der Waals surface area contributed by atoms with E-state index < -0.39 is 5.60 Å². The first-order chi connectivity index (χ1) is 12.6. The minimum Gasteiger partial charge on any atom is -0.387 e. The highest BCUT2D eigenvalue weighted by atomic mass is 16.5. The van der Waals surface area contributed by atoms with E-state index in [1.165, 1.54) is 32.4 Å². The van der Waals surface area contributed by atoms with Crippen LogP contribution >= 0.6 is 0 Å². The number of β-amino-alcohol motifs (C(OH)–C–C–N with tert-alkyl or cyclic N) is 1. The third-order valence-corrected chi connectivity index (χ3v) is 5.53. The van der Waals surface area contributed by atoms with Gasteiger partial charge in [-0.2, -0.15) is 0 Å². The first kappa shape index (κ1) is 19.9. The van der Waals surface area contributed by atoms with Gasteiger partial charge in [-0.1, -0.05) is 0 Å². The standard InChI is InChI=1S/C19H37N5O2/c1-3-20-18(21-12-16-6-7-24(13-16)17-4-5-17)22-14-19(2,25)15-23-8-10-26-11-9-23/h16-17,25H,3-15H2,1-2H3,(H2,20,21,22). The van der Waals surface area contributed by atoms with Crippen molar-refractivity contribution in [1.29, 1.82) is 0 Å². The Hall–Kier alpha value is -0.890. The van der Waals surface area contributed by atoms with Crippen LogP contribution in [0.2, 0.25) is 0 Å². The minimum atomic E-state index is -0.824. The molecule has 7 nitrogen and oxygen atoms in total. The van der Waals surface area contributed by atoms with E-state index in [4.69, 9.17) is 4.74 Å². The second-order valence-electron chi connectivity index (χ2n) is 8.34. The monoisotopic (exact) mass is 367 g/mol. The van der Waals surface area contributed by atoms with E-state index in [1.54, 1.807) is 0 Å². The van der Waals surface area contributed by atoms with Crippen molar-refractivity contribution in [1.82, 2.24) is 20.4 Å². The van der Waals surface area contributed by atoms with E-state index in [9.17, 15) is 5.11 Å². The molecule has 3 fully saturated rings. The van der Waals surface area contributed by atoms with Gasteiger partial charge in [-0.25, -0.2) is 0 Å². The Balaban J connectivity index is 1.43. The SMILES string of the molecule is CCNC(=NCC(C)(O)CN1CCOCC1)NCC1CCN(C2CC2)C1. The Morgan fingerprint density at radius 2 is 1.96 bits per heavy atom. The van der Waals surface area contributed by atoms with Gasteiger partial charge in [0.2, 0.25) is 0 Å². The minimum absolute atomic E-state index is 0.401. The van der Waals surface area contributed by atoms with Crippen LogP contribution < -0.4 is 10.6 Å². The average molecular weight is 368 g/mol. The van der Waals surface area contributed by atoms with Gasteiger partial charge in [0.15, 0.2) is 5.96 Å². The number of nitrogens with zero attached hydrogens (tertiary/aromatic N) is 3. The molecule has 2 saturated heterocycles. The second kappa shape index (κ2) is 9.35. The summed E-state index contributed by atoms with van der Waals surface area (Å²) in [6.45, 7) is 12.5. The summed E-state index contributed by atoms with van der Waals surface area (Å²) >= 11 is 0. The molecule has 3 aliphatic rings. The summed E-state index contributed by atoms with van der Waals surface area (Å²) in [6, 6.07) is 0.872.